The molecule has 0 bridgehead atoms. The standard InChI is InChI=1S/C32H39F5N2O3/c1-29-18-25(19-5-7-20(8-6-19)28(41)38-15-4-16-39(2)3)27-23-12-10-22(40)17-21(23)9-11-24(27)26(29)13-14-30(29,42)31(33,34)32(35,36)37/h5-8,17,24-26,42H,4,9-16,18H2,1-3H3,(H,38,41)/t24?,25-,26+,29?,30+/m1/s1. The fraction of sp³-hybridized carbons (Fsp3) is 0.625. The van der Waals surface area contributed by atoms with Crippen LogP contribution in [0.3, 0.4) is 0 Å². The molecule has 230 valence electrons. The van der Waals surface area contributed by atoms with Crippen molar-refractivity contribution in [3.8, 4) is 0 Å². The van der Waals surface area contributed by atoms with Crippen LogP contribution in [0.4, 0.5) is 22.0 Å². The molecule has 4 aliphatic rings. The van der Waals surface area contributed by atoms with Gasteiger partial charge in [-0.05, 0) is 112 Å². The zero-order valence-corrected chi connectivity index (χ0v) is 24.3. The molecule has 42 heavy (non-hydrogen) atoms. The number of carbonyl (C=O) groups excluding carboxylic acids is 2. The second-order valence-electron chi connectivity index (χ2n) is 13.0. The Morgan fingerprint density at radius 3 is 2.40 bits per heavy atom. The SMILES string of the molecule is CN(C)CCCNC(=O)c1ccc([C@H]2CC3(C)[C@@H](CC[C@@]3(O)C(F)(F)C(F)(F)F)C3CCC4=CC(=O)CCC4=C32)cc1. The molecule has 1 aromatic rings. The first-order valence-electron chi connectivity index (χ1n) is 14.8. The summed E-state index contributed by atoms with van der Waals surface area (Å²) >= 11 is 0. The van der Waals surface area contributed by atoms with Crippen LogP contribution in [0.2, 0.25) is 0 Å². The number of amides is 1. The molecule has 10 heteroatoms. The van der Waals surface area contributed by atoms with Crippen molar-refractivity contribution in [1.82, 2.24) is 10.2 Å². The van der Waals surface area contributed by atoms with Gasteiger partial charge in [-0.1, -0.05) is 24.6 Å². The van der Waals surface area contributed by atoms with Gasteiger partial charge in [-0.15, -0.1) is 0 Å². The summed E-state index contributed by atoms with van der Waals surface area (Å²) in [6, 6.07) is 6.80. The van der Waals surface area contributed by atoms with E-state index in [-0.39, 0.29) is 30.4 Å². The smallest absolute Gasteiger partial charge is 0.383 e. The minimum atomic E-state index is -5.89. The van der Waals surface area contributed by atoms with Crippen LogP contribution in [-0.2, 0) is 4.79 Å². The number of halogens is 5. The lowest BCUT2D eigenvalue weighted by molar-refractivity contribution is -0.362. The van der Waals surface area contributed by atoms with E-state index < -0.39 is 41.4 Å². The molecule has 0 aliphatic heterocycles. The van der Waals surface area contributed by atoms with Gasteiger partial charge in [0.15, 0.2) is 5.78 Å². The van der Waals surface area contributed by atoms with Crippen LogP contribution in [0.1, 0.15) is 80.1 Å². The zero-order valence-electron chi connectivity index (χ0n) is 24.3. The van der Waals surface area contributed by atoms with E-state index in [1.165, 1.54) is 6.92 Å². The number of hydrogen-bond acceptors (Lipinski definition) is 4. The van der Waals surface area contributed by atoms with Crippen LogP contribution >= 0.6 is 0 Å². The maximum atomic E-state index is 15.1. The summed E-state index contributed by atoms with van der Waals surface area (Å²) in [6.45, 7) is 2.73. The zero-order chi connectivity index (χ0) is 30.7. The Hall–Kier alpha value is -2.59. The number of nitrogens with one attached hydrogen (secondary N) is 1. The quantitative estimate of drug-likeness (QED) is 0.292. The summed E-state index contributed by atoms with van der Waals surface area (Å²) in [6.07, 6.45) is -2.21. The summed E-state index contributed by atoms with van der Waals surface area (Å²) in [5.74, 6) is -6.86. The Labute approximate surface area is 243 Å². The predicted molar refractivity (Wildman–Crippen MR) is 148 cm³/mol. The first-order chi connectivity index (χ1) is 19.6. The van der Waals surface area contributed by atoms with Crippen molar-refractivity contribution in [2.24, 2.45) is 17.3 Å². The van der Waals surface area contributed by atoms with Gasteiger partial charge in [-0.3, -0.25) is 9.59 Å². The molecule has 0 heterocycles. The molecule has 2 unspecified atom stereocenters. The van der Waals surface area contributed by atoms with Crippen LogP contribution in [0.5, 0.6) is 0 Å². The van der Waals surface area contributed by atoms with Gasteiger partial charge in [0.05, 0.1) is 0 Å². The average Bonchev–Trinajstić information content (AvgIpc) is 3.21. The Kier molecular flexibility index (Phi) is 7.97. The Morgan fingerprint density at radius 1 is 1.07 bits per heavy atom. The minimum Gasteiger partial charge on any atom is -0.383 e. The largest absolute Gasteiger partial charge is 0.456 e. The van der Waals surface area contributed by atoms with Gasteiger partial charge in [0.2, 0.25) is 0 Å². The van der Waals surface area contributed by atoms with E-state index in [0.29, 0.717) is 43.4 Å². The lowest BCUT2D eigenvalue weighted by Gasteiger charge is -2.56. The van der Waals surface area contributed by atoms with Gasteiger partial charge in [-0.25, -0.2) is 0 Å². The lowest BCUT2D eigenvalue weighted by atomic mass is 9.50. The lowest BCUT2D eigenvalue weighted by Crippen LogP contribution is -2.65. The first-order valence-corrected chi connectivity index (χ1v) is 14.8. The minimum absolute atomic E-state index is 0.0333. The number of alkyl halides is 5. The number of nitrogens with zero attached hydrogens (tertiary/aromatic N) is 1. The van der Waals surface area contributed by atoms with E-state index in [4.69, 9.17) is 0 Å². The molecule has 2 fully saturated rings. The molecule has 0 aromatic heterocycles. The number of rotatable bonds is 7. The highest BCUT2D eigenvalue weighted by Gasteiger charge is 2.79. The number of allylic oxidation sites excluding steroid dienone is 4. The number of aliphatic hydroxyl groups is 1. The molecule has 2 N–H and O–H groups in total. The average molecular weight is 595 g/mol. The van der Waals surface area contributed by atoms with Crippen LogP contribution in [0.25, 0.3) is 0 Å². The van der Waals surface area contributed by atoms with Crippen molar-refractivity contribution in [2.45, 2.75) is 81.9 Å². The van der Waals surface area contributed by atoms with Crippen LogP contribution in [-0.4, -0.2) is 66.6 Å². The van der Waals surface area contributed by atoms with E-state index in [9.17, 15) is 27.9 Å². The maximum Gasteiger partial charge on any atom is 0.456 e. The van der Waals surface area contributed by atoms with Crippen molar-refractivity contribution in [3.05, 3.63) is 58.2 Å². The number of benzene rings is 1. The first kappa shape index (κ1) is 30.9. The van der Waals surface area contributed by atoms with Crippen molar-refractivity contribution in [3.63, 3.8) is 0 Å². The Balaban J connectivity index is 1.53. The summed E-state index contributed by atoms with van der Waals surface area (Å²) in [5.41, 5.74) is -0.891. The Bertz CT molecular complexity index is 1300. The van der Waals surface area contributed by atoms with Crippen LogP contribution in [0.15, 0.2) is 47.1 Å². The fourth-order valence-corrected chi connectivity index (χ4v) is 8.28. The highest BCUT2D eigenvalue weighted by atomic mass is 19.4. The highest BCUT2D eigenvalue weighted by Crippen LogP contribution is 2.70. The van der Waals surface area contributed by atoms with Crippen molar-refractivity contribution in [2.75, 3.05) is 27.2 Å². The summed E-state index contributed by atoms with van der Waals surface area (Å²) < 4.78 is 71.5. The molecule has 5 rings (SSSR count). The number of hydrogen-bond donors (Lipinski definition) is 2. The van der Waals surface area contributed by atoms with Gasteiger partial charge < -0.3 is 15.3 Å². The van der Waals surface area contributed by atoms with Gasteiger partial charge in [-0.2, -0.15) is 22.0 Å². The number of carbonyl (C=O) groups is 2. The van der Waals surface area contributed by atoms with Crippen LogP contribution < -0.4 is 5.32 Å². The molecule has 2 saturated carbocycles. The number of fused-ring (bicyclic) bond motifs is 4. The molecule has 0 radical (unpaired) electrons. The Morgan fingerprint density at radius 2 is 1.76 bits per heavy atom. The second-order valence-corrected chi connectivity index (χ2v) is 13.0. The molecule has 1 aromatic carbocycles. The predicted octanol–water partition coefficient (Wildman–Crippen LogP) is 6.20. The second kappa shape index (κ2) is 10.8. The fourth-order valence-electron chi connectivity index (χ4n) is 8.28. The third-order valence-electron chi connectivity index (χ3n) is 10.4. The van der Waals surface area contributed by atoms with Gasteiger partial charge in [0, 0.05) is 29.9 Å². The van der Waals surface area contributed by atoms with E-state index in [0.717, 1.165) is 29.7 Å². The number of ketones is 1. The molecule has 5 atom stereocenters. The third kappa shape index (κ3) is 4.92. The summed E-state index contributed by atoms with van der Waals surface area (Å²) in [4.78, 5) is 27.0. The molecule has 0 spiro atoms. The molecule has 0 saturated heterocycles. The summed E-state index contributed by atoms with van der Waals surface area (Å²) in [5, 5.41) is 14.3. The van der Waals surface area contributed by atoms with E-state index in [1.54, 1.807) is 30.3 Å². The van der Waals surface area contributed by atoms with Gasteiger partial charge >= 0.3 is 12.1 Å². The normalized spacial score (nSPS) is 31.4. The van der Waals surface area contributed by atoms with Gasteiger partial charge in [0.25, 0.3) is 5.91 Å². The maximum absolute atomic E-state index is 15.1. The van der Waals surface area contributed by atoms with Crippen molar-refractivity contribution < 1.29 is 36.6 Å². The van der Waals surface area contributed by atoms with Crippen molar-refractivity contribution >= 4 is 11.7 Å². The third-order valence-corrected chi connectivity index (χ3v) is 10.4. The molecule has 1 amide bonds. The summed E-state index contributed by atoms with van der Waals surface area (Å²) in [7, 11) is 3.89. The molecular formula is C32H39F5N2O3. The molecule has 5 nitrogen and oxygen atoms in total. The highest BCUT2D eigenvalue weighted by molar-refractivity contribution is 5.94. The van der Waals surface area contributed by atoms with Crippen LogP contribution in [0, 0.1) is 17.3 Å². The monoisotopic (exact) mass is 594 g/mol. The van der Waals surface area contributed by atoms with E-state index >= 15 is 8.78 Å². The molecular weight excluding hydrogens is 555 g/mol. The molecule has 4 aliphatic carbocycles. The van der Waals surface area contributed by atoms with E-state index in [2.05, 4.69) is 5.32 Å². The van der Waals surface area contributed by atoms with Crippen molar-refractivity contribution in [1.29, 1.82) is 0 Å². The van der Waals surface area contributed by atoms with E-state index in [1.807, 2.05) is 19.0 Å². The topological polar surface area (TPSA) is 69.6 Å². The van der Waals surface area contributed by atoms with Gasteiger partial charge in [0.1, 0.15) is 5.60 Å².